The standard InChI is InChI=1S/C21H16Cl2O3/c1-25-17-9-8-15-11-14(5-7-16(15)12-17)6-10-21(24)26-13-18-19(22)3-2-4-20(18)23/h2-12H,13H2,1H3/b10-6+. The number of benzene rings is 3. The van der Waals surface area contributed by atoms with Gasteiger partial charge in [-0.2, -0.15) is 0 Å². The molecule has 0 aliphatic rings. The first-order valence-electron chi connectivity index (χ1n) is 7.92. The van der Waals surface area contributed by atoms with E-state index in [1.165, 1.54) is 6.08 Å². The maximum Gasteiger partial charge on any atom is 0.331 e. The van der Waals surface area contributed by atoms with Gasteiger partial charge in [-0.3, -0.25) is 0 Å². The number of halogens is 2. The Hall–Kier alpha value is -2.49. The van der Waals surface area contributed by atoms with Crippen LogP contribution in [0.5, 0.6) is 5.75 Å². The fourth-order valence-electron chi connectivity index (χ4n) is 2.50. The minimum absolute atomic E-state index is 0.0270. The molecule has 132 valence electrons. The summed E-state index contributed by atoms with van der Waals surface area (Å²) in [7, 11) is 1.64. The maximum atomic E-state index is 11.9. The quantitative estimate of drug-likeness (QED) is 0.403. The first-order chi connectivity index (χ1) is 12.6. The second-order valence-electron chi connectivity index (χ2n) is 5.61. The Morgan fingerprint density at radius 3 is 2.42 bits per heavy atom. The summed E-state index contributed by atoms with van der Waals surface area (Å²) in [5.41, 5.74) is 1.49. The Bertz CT molecular complexity index is 960. The summed E-state index contributed by atoms with van der Waals surface area (Å²) in [6, 6.07) is 16.9. The molecule has 0 spiro atoms. The fraction of sp³-hybridized carbons (Fsp3) is 0.0952. The maximum absolute atomic E-state index is 11.9. The zero-order valence-electron chi connectivity index (χ0n) is 14.0. The van der Waals surface area contributed by atoms with Crippen LogP contribution in [-0.2, 0) is 16.1 Å². The molecule has 0 atom stereocenters. The van der Waals surface area contributed by atoms with Gasteiger partial charge in [-0.25, -0.2) is 4.79 Å². The Kier molecular flexibility index (Phi) is 5.82. The third-order valence-electron chi connectivity index (χ3n) is 3.90. The lowest BCUT2D eigenvalue weighted by atomic mass is 10.1. The molecule has 3 nitrogen and oxygen atoms in total. The van der Waals surface area contributed by atoms with E-state index in [0.29, 0.717) is 15.6 Å². The van der Waals surface area contributed by atoms with Crippen LogP contribution in [0.15, 0.2) is 60.7 Å². The lowest BCUT2D eigenvalue weighted by Gasteiger charge is -2.06. The summed E-state index contributed by atoms with van der Waals surface area (Å²) in [5, 5.41) is 3.07. The molecule has 0 radical (unpaired) electrons. The van der Waals surface area contributed by atoms with Crippen LogP contribution in [0.2, 0.25) is 10.0 Å². The van der Waals surface area contributed by atoms with Gasteiger partial charge in [0.15, 0.2) is 0 Å². The predicted molar refractivity (Wildman–Crippen MR) is 106 cm³/mol. The van der Waals surface area contributed by atoms with Crippen molar-refractivity contribution in [2.45, 2.75) is 6.61 Å². The van der Waals surface area contributed by atoms with Crippen LogP contribution in [0.3, 0.4) is 0 Å². The van der Waals surface area contributed by atoms with Gasteiger partial charge >= 0.3 is 5.97 Å². The zero-order valence-corrected chi connectivity index (χ0v) is 15.6. The van der Waals surface area contributed by atoms with Gasteiger partial charge in [0.05, 0.1) is 7.11 Å². The highest BCUT2D eigenvalue weighted by atomic mass is 35.5. The lowest BCUT2D eigenvalue weighted by molar-refractivity contribution is -0.138. The van der Waals surface area contributed by atoms with Gasteiger partial charge in [-0.05, 0) is 52.7 Å². The van der Waals surface area contributed by atoms with Crippen molar-refractivity contribution in [3.63, 3.8) is 0 Å². The third-order valence-corrected chi connectivity index (χ3v) is 4.61. The van der Waals surface area contributed by atoms with Crippen molar-refractivity contribution in [2.75, 3.05) is 7.11 Å². The Morgan fingerprint density at radius 1 is 1.00 bits per heavy atom. The van der Waals surface area contributed by atoms with Crippen molar-refractivity contribution in [3.05, 3.63) is 81.8 Å². The smallest absolute Gasteiger partial charge is 0.331 e. The second kappa shape index (κ2) is 8.26. The molecule has 0 aliphatic heterocycles. The Morgan fingerprint density at radius 2 is 1.69 bits per heavy atom. The van der Waals surface area contributed by atoms with Gasteiger partial charge < -0.3 is 9.47 Å². The summed E-state index contributed by atoms with van der Waals surface area (Å²) >= 11 is 12.1. The molecule has 0 aromatic heterocycles. The molecular weight excluding hydrogens is 371 g/mol. The molecule has 0 bridgehead atoms. The summed E-state index contributed by atoms with van der Waals surface area (Å²) in [5.74, 6) is 0.346. The van der Waals surface area contributed by atoms with Crippen LogP contribution in [-0.4, -0.2) is 13.1 Å². The van der Waals surface area contributed by atoms with E-state index in [2.05, 4.69) is 0 Å². The molecule has 3 aromatic rings. The van der Waals surface area contributed by atoms with Gasteiger partial charge in [0.2, 0.25) is 0 Å². The third kappa shape index (κ3) is 4.37. The molecule has 0 saturated carbocycles. The SMILES string of the molecule is COc1ccc2cc(/C=C/C(=O)OCc3c(Cl)cccc3Cl)ccc2c1. The molecular formula is C21H16Cl2O3. The molecule has 3 rings (SSSR count). The van der Waals surface area contributed by atoms with Crippen molar-refractivity contribution in [2.24, 2.45) is 0 Å². The number of carbonyl (C=O) groups excluding carboxylic acids is 1. The highest BCUT2D eigenvalue weighted by Crippen LogP contribution is 2.25. The average Bonchev–Trinajstić information content (AvgIpc) is 2.65. The van der Waals surface area contributed by atoms with Crippen molar-refractivity contribution >= 4 is 46.0 Å². The number of hydrogen-bond donors (Lipinski definition) is 0. The normalized spacial score (nSPS) is 11.0. The van der Waals surface area contributed by atoms with Crippen LogP contribution in [0.1, 0.15) is 11.1 Å². The number of rotatable bonds is 5. The van der Waals surface area contributed by atoms with Crippen molar-refractivity contribution in [1.29, 1.82) is 0 Å². The largest absolute Gasteiger partial charge is 0.497 e. The molecule has 5 heteroatoms. The van der Waals surface area contributed by atoms with E-state index in [9.17, 15) is 4.79 Å². The van der Waals surface area contributed by atoms with Crippen LogP contribution >= 0.6 is 23.2 Å². The second-order valence-corrected chi connectivity index (χ2v) is 6.43. The molecule has 0 heterocycles. The first-order valence-corrected chi connectivity index (χ1v) is 8.68. The number of hydrogen-bond acceptors (Lipinski definition) is 3. The highest BCUT2D eigenvalue weighted by Gasteiger charge is 2.07. The predicted octanol–water partition coefficient (Wildman–Crippen LogP) is 5.91. The molecule has 26 heavy (non-hydrogen) atoms. The summed E-state index contributed by atoms with van der Waals surface area (Å²) in [6.07, 6.45) is 3.09. The summed E-state index contributed by atoms with van der Waals surface area (Å²) < 4.78 is 10.4. The lowest BCUT2D eigenvalue weighted by Crippen LogP contribution is -2.01. The van der Waals surface area contributed by atoms with Gasteiger partial charge in [0.1, 0.15) is 12.4 Å². The van der Waals surface area contributed by atoms with Crippen molar-refractivity contribution in [1.82, 2.24) is 0 Å². The zero-order chi connectivity index (χ0) is 18.5. The average molecular weight is 387 g/mol. The van der Waals surface area contributed by atoms with Gasteiger partial charge in [0, 0.05) is 21.7 Å². The molecule has 0 amide bonds. The van der Waals surface area contributed by atoms with Crippen molar-refractivity contribution < 1.29 is 14.3 Å². The van der Waals surface area contributed by atoms with Gasteiger partial charge in [0.25, 0.3) is 0 Å². The summed E-state index contributed by atoms with van der Waals surface area (Å²) in [4.78, 5) is 11.9. The molecule has 0 N–H and O–H groups in total. The highest BCUT2D eigenvalue weighted by molar-refractivity contribution is 6.35. The first kappa shape index (κ1) is 18.3. The van der Waals surface area contributed by atoms with E-state index in [-0.39, 0.29) is 6.61 Å². The Balaban J connectivity index is 1.67. The number of methoxy groups -OCH3 is 1. The number of esters is 1. The topological polar surface area (TPSA) is 35.5 Å². The molecule has 0 saturated heterocycles. The minimum Gasteiger partial charge on any atom is -0.497 e. The monoisotopic (exact) mass is 386 g/mol. The Labute approximate surface area is 161 Å². The van der Waals surface area contributed by atoms with Gasteiger partial charge in [-0.15, -0.1) is 0 Å². The number of fused-ring (bicyclic) bond motifs is 1. The molecule has 0 aliphatic carbocycles. The van der Waals surface area contributed by atoms with Crippen LogP contribution in [0, 0.1) is 0 Å². The van der Waals surface area contributed by atoms with E-state index in [4.69, 9.17) is 32.7 Å². The van der Waals surface area contributed by atoms with Crippen LogP contribution in [0.25, 0.3) is 16.8 Å². The molecule has 0 unspecified atom stereocenters. The van der Waals surface area contributed by atoms with Crippen LogP contribution < -0.4 is 4.74 Å². The van der Waals surface area contributed by atoms with E-state index in [1.54, 1.807) is 31.4 Å². The number of carbonyl (C=O) groups is 1. The molecule has 0 fully saturated rings. The fourth-order valence-corrected chi connectivity index (χ4v) is 3.01. The molecule has 3 aromatic carbocycles. The minimum atomic E-state index is -0.462. The van der Waals surface area contributed by atoms with E-state index in [1.807, 2.05) is 36.4 Å². The van der Waals surface area contributed by atoms with Crippen molar-refractivity contribution in [3.8, 4) is 5.75 Å². The van der Waals surface area contributed by atoms with E-state index in [0.717, 1.165) is 22.1 Å². The number of ether oxygens (including phenoxy) is 2. The van der Waals surface area contributed by atoms with E-state index >= 15 is 0 Å². The van der Waals surface area contributed by atoms with Crippen LogP contribution in [0.4, 0.5) is 0 Å². The van der Waals surface area contributed by atoms with E-state index < -0.39 is 5.97 Å². The summed E-state index contributed by atoms with van der Waals surface area (Å²) in [6.45, 7) is 0.0270. The van der Waals surface area contributed by atoms with Gasteiger partial charge in [-0.1, -0.05) is 47.5 Å².